The number of rotatable bonds is 5. The van der Waals surface area contributed by atoms with Crippen LogP contribution in [0.15, 0.2) is 35.7 Å². The molecule has 0 spiro atoms. The summed E-state index contributed by atoms with van der Waals surface area (Å²) in [5.41, 5.74) is 0.392. The summed E-state index contributed by atoms with van der Waals surface area (Å²) in [6, 6.07) is 5.13. The predicted octanol–water partition coefficient (Wildman–Crippen LogP) is 0.974. The summed E-state index contributed by atoms with van der Waals surface area (Å²) >= 11 is 0. The van der Waals surface area contributed by atoms with Gasteiger partial charge in [-0.1, -0.05) is 6.07 Å². The molecule has 9 nitrogen and oxygen atoms in total. The van der Waals surface area contributed by atoms with Gasteiger partial charge in [-0.25, -0.2) is 13.4 Å². The molecule has 10 heteroatoms. The highest BCUT2D eigenvalue weighted by atomic mass is 32.2. The van der Waals surface area contributed by atoms with Crippen LogP contribution in [0.1, 0.15) is 16.8 Å². The third-order valence-electron chi connectivity index (χ3n) is 4.66. The lowest BCUT2D eigenvalue weighted by Crippen LogP contribution is -2.37. The minimum Gasteiger partial charge on any atom is -0.493 e. The van der Waals surface area contributed by atoms with E-state index < -0.39 is 10.0 Å². The summed E-state index contributed by atoms with van der Waals surface area (Å²) in [6.07, 6.45) is 3.46. The third-order valence-corrected chi connectivity index (χ3v) is 6.45. The smallest absolute Gasteiger partial charge is 0.262 e. The molecule has 1 fully saturated rings. The molecule has 0 atom stereocenters. The quantitative estimate of drug-likeness (QED) is 0.732. The number of imidazole rings is 1. The summed E-state index contributed by atoms with van der Waals surface area (Å²) in [7, 11) is 1.03. The molecule has 152 valence electrons. The summed E-state index contributed by atoms with van der Waals surface area (Å²) in [6.45, 7) is 1.27. The molecule has 0 saturated carbocycles. The largest absolute Gasteiger partial charge is 0.493 e. The maximum atomic E-state index is 13.0. The second-order valence-corrected chi connectivity index (χ2v) is 8.35. The normalized spacial score (nSPS) is 15.9. The molecule has 0 N–H and O–H groups in total. The maximum Gasteiger partial charge on any atom is 0.262 e. The Morgan fingerprint density at radius 2 is 1.89 bits per heavy atom. The van der Waals surface area contributed by atoms with Gasteiger partial charge in [-0.3, -0.25) is 4.79 Å². The molecule has 1 saturated heterocycles. The fraction of sp³-hybridized carbons (Fsp3) is 0.444. The van der Waals surface area contributed by atoms with Crippen LogP contribution in [0.3, 0.4) is 0 Å². The van der Waals surface area contributed by atoms with Crippen LogP contribution >= 0.6 is 0 Å². The summed E-state index contributed by atoms with van der Waals surface area (Å²) in [5, 5.41) is 0.0178. The van der Waals surface area contributed by atoms with Gasteiger partial charge in [-0.05, 0) is 18.6 Å². The van der Waals surface area contributed by atoms with Crippen LogP contribution in [-0.4, -0.2) is 73.5 Å². The number of nitrogens with zero attached hydrogens (tertiary/aromatic N) is 4. The second kappa shape index (κ2) is 8.19. The second-order valence-electron chi connectivity index (χ2n) is 6.47. The van der Waals surface area contributed by atoms with Crippen LogP contribution in [0.25, 0.3) is 0 Å². The SMILES string of the molecule is COc1cccc(C(=O)N2CCCN(S(=O)(=O)c3cn(C)cn3)CC2)c1OC. The van der Waals surface area contributed by atoms with E-state index in [0.29, 0.717) is 36.6 Å². The summed E-state index contributed by atoms with van der Waals surface area (Å²) in [5.74, 6) is 0.632. The Morgan fingerprint density at radius 3 is 2.54 bits per heavy atom. The fourth-order valence-corrected chi connectivity index (χ4v) is 4.65. The van der Waals surface area contributed by atoms with Crippen molar-refractivity contribution in [1.29, 1.82) is 0 Å². The van der Waals surface area contributed by atoms with Gasteiger partial charge in [0.05, 0.1) is 26.1 Å². The number of carbonyl (C=O) groups is 1. The number of methoxy groups -OCH3 is 2. The van der Waals surface area contributed by atoms with E-state index in [1.54, 1.807) is 34.7 Å². The van der Waals surface area contributed by atoms with Crippen molar-refractivity contribution in [1.82, 2.24) is 18.8 Å². The Morgan fingerprint density at radius 1 is 1.11 bits per heavy atom. The van der Waals surface area contributed by atoms with Crippen molar-refractivity contribution >= 4 is 15.9 Å². The van der Waals surface area contributed by atoms with Crippen molar-refractivity contribution in [3.8, 4) is 11.5 Å². The van der Waals surface area contributed by atoms with Gasteiger partial charge in [0, 0.05) is 39.4 Å². The first kappa shape index (κ1) is 20.2. The highest BCUT2D eigenvalue weighted by Gasteiger charge is 2.31. The fourth-order valence-electron chi connectivity index (χ4n) is 3.22. The lowest BCUT2D eigenvalue weighted by Gasteiger charge is -2.22. The zero-order valence-electron chi connectivity index (χ0n) is 16.2. The van der Waals surface area contributed by atoms with E-state index in [9.17, 15) is 13.2 Å². The lowest BCUT2D eigenvalue weighted by molar-refractivity contribution is 0.0760. The van der Waals surface area contributed by atoms with Crippen LogP contribution in [-0.2, 0) is 17.1 Å². The molecule has 1 aliphatic rings. The summed E-state index contributed by atoms with van der Waals surface area (Å²) in [4.78, 5) is 18.6. The topological polar surface area (TPSA) is 94.0 Å². The Hall–Kier alpha value is -2.59. The molecule has 2 heterocycles. The van der Waals surface area contributed by atoms with Crippen LogP contribution < -0.4 is 9.47 Å². The number of benzene rings is 1. The highest BCUT2D eigenvalue weighted by Crippen LogP contribution is 2.31. The van der Waals surface area contributed by atoms with Crippen molar-refractivity contribution in [2.75, 3.05) is 40.4 Å². The van der Waals surface area contributed by atoms with Crippen LogP contribution in [0.2, 0.25) is 0 Å². The molecule has 3 rings (SSSR count). The number of para-hydroxylation sites is 1. The zero-order valence-corrected chi connectivity index (χ0v) is 17.0. The first-order valence-corrected chi connectivity index (χ1v) is 10.3. The van der Waals surface area contributed by atoms with E-state index in [0.717, 1.165) is 0 Å². The zero-order chi connectivity index (χ0) is 20.3. The number of ether oxygens (including phenoxy) is 2. The van der Waals surface area contributed by atoms with E-state index in [-0.39, 0.29) is 24.0 Å². The molecule has 0 radical (unpaired) electrons. The van der Waals surface area contributed by atoms with Gasteiger partial charge in [0.15, 0.2) is 16.5 Å². The van der Waals surface area contributed by atoms with E-state index >= 15 is 0 Å². The summed E-state index contributed by atoms with van der Waals surface area (Å²) < 4.78 is 39.2. The number of carbonyl (C=O) groups excluding carboxylic acids is 1. The predicted molar refractivity (Wildman–Crippen MR) is 102 cm³/mol. The van der Waals surface area contributed by atoms with Crippen molar-refractivity contribution < 1.29 is 22.7 Å². The molecule has 1 amide bonds. The van der Waals surface area contributed by atoms with Crippen LogP contribution in [0, 0.1) is 0 Å². The van der Waals surface area contributed by atoms with Gasteiger partial charge >= 0.3 is 0 Å². The average Bonchev–Trinajstić information content (AvgIpc) is 2.99. The van der Waals surface area contributed by atoms with Gasteiger partial charge < -0.3 is 18.9 Å². The van der Waals surface area contributed by atoms with E-state index in [1.165, 1.54) is 31.0 Å². The van der Waals surface area contributed by atoms with Crippen LogP contribution in [0.4, 0.5) is 0 Å². The molecule has 0 aliphatic carbocycles. The first-order valence-electron chi connectivity index (χ1n) is 8.87. The minimum atomic E-state index is -3.68. The maximum absolute atomic E-state index is 13.0. The molecule has 28 heavy (non-hydrogen) atoms. The first-order chi connectivity index (χ1) is 13.4. The molecular weight excluding hydrogens is 384 g/mol. The van der Waals surface area contributed by atoms with E-state index in [2.05, 4.69) is 4.98 Å². The Bertz CT molecular complexity index is 957. The lowest BCUT2D eigenvalue weighted by atomic mass is 10.1. The van der Waals surface area contributed by atoms with Gasteiger partial charge in [-0.2, -0.15) is 4.31 Å². The highest BCUT2D eigenvalue weighted by molar-refractivity contribution is 7.89. The Labute approximate surface area is 164 Å². The molecule has 0 unspecified atom stereocenters. The monoisotopic (exact) mass is 408 g/mol. The van der Waals surface area contributed by atoms with E-state index in [1.807, 2.05) is 0 Å². The molecule has 1 aromatic carbocycles. The molecule has 0 bridgehead atoms. The van der Waals surface area contributed by atoms with E-state index in [4.69, 9.17) is 9.47 Å². The number of amides is 1. The molecule has 2 aromatic rings. The number of sulfonamides is 1. The average molecular weight is 408 g/mol. The molecular formula is C18H24N4O5S. The standard InChI is InChI=1S/C18H24N4O5S/c1-20-12-16(19-13-20)28(24,25)22-9-5-8-21(10-11-22)18(23)14-6-4-7-15(26-2)17(14)27-3/h4,6-7,12-13H,5,8-11H2,1-3H3. The third kappa shape index (κ3) is 3.83. The molecule has 1 aromatic heterocycles. The van der Waals surface area contributed by atoms with Crippen molar-refractivity contribution in [2.45, 2.75) is 11.4 Å². The van der Waals surface area contributed by atoms with Crippen molar-refractivity contribution in [2.24, 2.45) is 7.05 Å². The number of hydrogen-bond donors (Lipinski definition) is 0. The van der Waals surface area contributed by atoms with Gasteiger partial charge in [0.2, 0.25) is 0 Å². The van der Waals surface area contributed by atoms with Crippen LogP contribution in [0.5, 0.6) is 11.5 Å². The van der Waals surface area contributed by atoms with Gasteiger partial charge in [0.1, 0.15) is 0 Å². The van der Waals surface area contributed by atoms with Crippen molar-refractivity contribution in [3.05, 3.63) is 36.3 Å². The Balaban J connectivity index is 1.78. The number of aryl methyl sites for hydroxylation is 1. The molecule has 1 aliphatic heterocycles. The van der Waals surface area contributed by atoms with Gasteiger partial charge in [-0.15, -0.1) is 0 Å². The number of aromatic nitrogens is 2. The van der Waals surface area contributed by atoms with Gasteiger partial charge in [0.25, 0.3) is 15.9 Å². The number of hydrogen-bond acceptors (Lipinski definition) is 6. The Kier molecular flexibility index (Phi) is 5.90. The van der Waals surface area contributed by atoms with Crippen molar-refractivity contribution in [3.63, 3.8) is 0 Å². The minimum absolute atomic E-state index is 0.0178.